The van der Waals surface area contributed by atoms with Gasteiger partial charge in [-0.2, -0.15) is 0 Å². The average Bonchev–Trinajstić information content (AvgIpc) is 2.27. The van der Waals surface area contributed by atoms with E-state index in [1.54, 1.807) is 0 Å². The molecule has 0 aliphatic carbocycles. The molecule has 0 spiro atoms. The van der Waals surface area contributed by atoms with Gasteiger partial charge in [0.1, 0.15) is 0 Å². The highest BCUT2D eigenvalue weighted by Crippen LogP contribution is 2.15. The van der Waals surface area contributed by atoms with Crippen LogP contribution in [0.15, 0.2) is 0 Å². The van der Waals surface area contributed by atoms with Gasteiger partial charge >= 0.3 is 6.03 Å². The van der Waals surface area contributed by atoms with Crippen molar-refractivity contribution in [2.75, 3.05) is 32.7 Å². The van der Waals surface area contributed by atoms with E-state index in [-0.39, 0.29) is 6.03 Å². The maximum absolute atomic E-state index is 11.2. The first-order chi connectivity index (χ1) is 7.26. The van der Waals surface area contributed by atoms with Crippen molar-refractivity contribution in [3.05, 3.63) is 0 Å². The van der Waals surface area contributed by atoms with Gasteiger partial charge < -0.3 is 15.5 Å². The van der Waals surface area contributed by atoms with Crippen molar-refractivity contribution in [2.45, 2.75) is 26.7 Å². The van der Waals surface area contributed by atoms with Crippen LogP contribution in [0.25, 0.3) is 0 Å². The van der Waals surface area contributed by atoms with E-state index >= 15 is 0 Å². The number of amides is 2. The molecule has 1 rings (SSSR count). The standard InChI is InChI=1S/C11H23N3O/c1-3-12-11(15)13-9-10-5-7-14(4-2)8-6-10/h10H,3-9H2,1-2H3,(H2,12,13,15). The van der Waals surface area contributed by atoms with Crippen molar-refractivity contribution in [1.29, 1.82) is 0 Å². The molecule has 1 fully saturated rings. The van der Waals surface area contributed by atoms with E-state index in [4.69, 9.17) is 0 Å². The molecule has 0 atom stereocenters. The molecule has 0 radical (unpaired) electrons. The molecule has 15 heavy (non-hydrogen) atoms. The summed E-state index contributed by atoms with van der Waals surface area (Å²) in [5.41, 5.74) is 0. The van der Waals surface area contributed by atoms with Crippen LogP contribution in [0.5, 0.6) is 0 Å². The van der Waals surface area contributed by atoms with E-state index in [1.165, 1.54) is 25.9 Å². The van der Waals surface area contributed by atoms with Crippen LogP contribution >= 0.6 is 0 Å². The van der Waals surface area contributed by atoms with Crippen molar-refractivity contribution >= 4 is 6.03 Å². The Morgan fingerprint density at radius 1 is 1.27 bits per heavy atom. The molecule has 88 valence electrons. The zero-order valence-electron chi connectivity index (χ0n) is 9.88. The van der Waals surface area contributed by atoms with Crippen LogP contribution in [0, 0.1) is 5.92 Å². The van der Waals surface area contributed by atoms with Gasteiger partial charge in [0, 0.05) is 13.1 Å². The number of piperidine rings is 1. The first kappa shape index (κ1) is 12.3. The third kappa shape index (κ3) is 4.51. The van der Waals surface area contributed by atoms with Gasteiger partial charge in [0.15, 0.2) is 0 Å². The molecule has 4 heteroatoms. The Balaban J connectivity index is 2.10. The minimum Gasteiger partial charge on any atom is -0.338 e. The molecule has 0 unspecified atom stereocenters. The molecule has 1 saturated heterocycles. The normalized spacial score (nSPS) is 18.8. The van der Waals surface area contributed by atoms with Crippen molar-refractivity contribution in [2.24, 2.45) is 5.92 Å². The van der Waals surface area contributed by atoms with E-state index in [0.29, 0.717) is 12.5 Å². The Labute approximate surface area is 92.4 Å². The van der Waals surface area contributed by atoms with Crippen LogP contribution in [0.2, 0.25) is 0 Å². The lowest BCUT2D eigenvalue weighted by Gasteiger charge is -2.30. The molecule has 2 N–H and O–H groups in total. The molecule has 0 aromatic heterocycles. The van der Waals surface area contributed by atoms with Gasteiger partial charge in [-0.25, -0.2) is 4.79 Å². The van der Waals surface area contributed by atoms with E-state index in [0.717, 1.165) is 13.1 Å². The summed E-state index contributed by atoms with van der Waals surface area (Å²) >= 11 is 0. The molecule has 1 heterocycles. The monoisotopic (exact) mass is 213 g/mol. The van der Waals surface area contributed by atoms with Crippen molar-refractivity contribution in [3.8, 4) is 0 Å². The lowest BCUT2D eigenvalue weighted by Crippen LogP contribution is -2.41. The molecule has 0 aromatic rings. The Kier molecular flexibility index (Phi) is 5.47. The third-order valence-corrected chi connectivity index (χ3v) is 3.04. The lowest BCUT2D eigenvalue weighted by molar-refractivity contribution is 0.188. The quantitative estimate of drug-likeness (QED) is 0.733. The van der Waals surface area contributed by atoms with E-state index in [2.05, 4.69) is 22.5 Å². The Morgan fingerprint density at radius 3 is 2.47 bits per heavy atom. The molecular weight excluding hydrogens is 190 g/mol. The highest BCUT2D eigenvalue weighted by molar-refractivity contribution is 5.73. The first-order valence-corrected chi connectivity index (χ1v) is 6.00. The lowest BCUT2D eigenvalue weighted by atomic mass is 9.97. The Morgan fingerprint density at radius 2 is 1.93 bits per heavy atom. The van der Waals surface area contributed by atoms with E-state index < -0.39 is 0 Å². The number of carbonyl (C=O) groups excluding carboxylic acids is 1. The number of hydrogen-bond donors (Lipinski definition) is 2. The number of nitrogens with zero attached hydrogens (tertiary/aromatic N) is 1. The van der Waals surface area contributed by atoms with Gasteiger partial charge in [-0.3, -0.25) is 0 Å². The van der Waals surface area contributed by atoms with Gasteiger partial charge in [-0.05, 0) is 45.3 Å². The Hall–Kier alpha value is -0.770. The third-order valence-electron chi connectivity index (χ3n) is 3.04. The van der Waals surface area contributed by atoms with Gasteiger partial charge in [-0.1, -0.05) is 6.92 Å². The summed E-state index contributed by atoms with van der Waals surface area (Å²) in [6, 6.07) is -0.0320. The summed E-state index contributed by atoms with van der Waals surface area (Å²) in [4.78, 5) is 13.6. The highest BCUT2D eigenvalue weighted by atomic mass is 16.2. The minimum absolute atomic E-state index is 0.0320. The molecule has 0 saturated carbocycles. The predicted molar refractivity (Wildman–Crippen MR) is 61.9 cm³/mol. The fraction of sp³-hybridized carbons (Fsp3) is 0.909. The second kappa shape index (κ2) is 6.67. The second-order valence-corrected chi connectivity index (χ2v) is 4.12. The number of rotatable bonds is 4. The van der Waals surface area contributed by atoms with Crippen LogP contribution in [0.3, 0.4) is 0 Å². The summed E-state index contributed by atoms with van der Waals surface area (Å²) in [7, 11) is 0. The average molecular weight is 213 g/mol. The smallest absolute Gasteiger partial charge is 0.314 e. The zero-order valence-corrected chi connectivity index (χ0v) is 9.88. The van der Waals surface area contributed by atoms with Crippen molar-refractivity contribution in [1.82, 2.24) is 15.5 Å². The molecule has 4 nitrogen and oxygen atoms in total. The predicted octanol–water partition coefficient (Wildman–Crippen LogP) is 1.04. The minimum atomic E-state index is -0.0320. The van der Waals surface area contributed by atoms with Crippen LogP contribution < -0.4 is 10.6 Å². The second-order valence-electron chi connectivity index (χ2n) is 4.12. The first-order valence-electron chi connectivity index (χ1n) is 6.00. The summed E-state index contributed by atoms with van der Waals surface area (Å²) in [5.74, 6) is 0.662. The van der Waals surface area contributed by atoms with Gasteiger partial charge in [0.05, 0.1) is 0 Å². The number of nitrogens with one attached hydrogen (secondary N) is 2. The SMILES string of the molecule is CCNC(=O)NCC1CCN(CC)CC1. The van der Waals surface area contributed by atoms with Crippen molar-refractivity contribution in [3.63, 3.8) is 0 Å². The molecular formula is C11H23N3O. The van der Waals surface area contributed by atoms with Gasteiger partial charge in [-0.15, -0.1) is 0 Å². The van der Waals surface area contributed by atoms with Crippen LogP contribution in [0.1, 0.15) is 26.7 Å². The molecule has 1 aliphatic heterocycles. The van der Waals surface area contributed by atoms with E-state index in [1.807, 2.05) is 6.92 Å². The van der Waals surface area contributed by atoms with Gasteiger partial charge in [0.25, 0.3) is 0 Å². The topological polar surface area (TPSA) is 44.4 Å². The summed E-state index contributed by atoms with van der Waals surface area (Å²) < 4.78 is 0. The fourth-order valence-electron chi connectivity index (χ4n) is 1.97. The summed E-state index contributed by atoms with van der Waals surface area (Å²) in [5, 5.41) is 5.66. The number of carbonyl (C=O) groups is 1. The van der Waals surface area contributed by atoms with Crippen LogP contribution in [-0.2, 0) is 0 Å². The van der Waals surface area contributed by atoms with Crippen LogP contribution in [-0.4, -0.2) is 43.7 Å². The maximum atomic E-state index is 11.2. The molecule has 1 aliphatic rings. The molecule has 0 bridgehead atoms. The van der Waals surface area contributed by atoms with E-state index in [9.17, 15) is 4.79 Å². The Bertz CT molecular complexity index is 188. The van der Waals surface area contributed by atoms with Crippen molar-refractivity contribution < 1.29 is 4.79 Å². The maximum Gasteiger partial charge on any atom is 0.314 e. The number of likely N-dealkylation sites (tertiary alicyclic amines) is 1. The summed E-state index contributed by atoms with van der Waals surface area (Å²) in [6.45, 7) is 9.16. The number of hydrogen-bond acceptors (Lipinski definition) is 2. The fourth-order valence-corrected chi connectivity index (χ4v) is 1.97. The molecule has 2 amide bonds. The largest absolute Gasteiger partial charge is 0.338 e. The van der Waals surface area contributed by atoms with Crippen LogP contribution in [0.4, 0.5) is 4.79 Å². The highest BCUT2D eigenvalue weighted by Gasteiger charge is 2.18. The molecule has 0 aromatic carbocycles. The summed E-state index contributed by atoms with van der Waals surface area (Å²) in [6.07, 6.45) is 2.42. The zero-order chi connectivity index (χ0) is 11.1. The number of urea groups is 1. The van der Waals surface area contributed by atoms with Gasteiger partial charge in [0.2, 0.25) is 0 Å².